The molecule has 3 aromatic heterocycles. The highest BCUT2D eigenvalue weighted by Gasteiger charge is 2.40. The van der Waals surface area contributed by atoms with Crippen molar-refractivity contribution in [2.45, 2.75) is 19.3 Å². The van der Waals surface area contributed by atoms with E-state index in [-0.39, 0.29) is 5.56 Å². The van der Waals surface area contributed by atoms with Crippen LogP contribution in [0.1, 0.15) is 23.9 Å². The first kappa shape index (κ1) is 19.4. The van der Waals surface area contributed by atoms with Crippen molar-refractivity contribution in [3.05, 3.63) is 63.7 Å². The Balaban J connectivity index is 1.52. The van der Waals surface area contributed by atoms with Crippen LogP contribution in [0.25, 0.3) is 11.1 Å². The van der Waals surface area contributed by atoms with Gasteiger partial charge < -0.3 is 14.0 Å². The normalized spacial score (nSPS) is 17.8. The fourth-order valence-electron chi connectivity index (χ4n) is 3.26. The van der Waals surface area contributed by atoms with E-state index in [4.69, 9.17) is 21.1 Å². The number of hydrogen-bond acceptors (Lipinski definition) is 6. The fourth-order valence-corrected chi connectivity index (χ4v) is 3.56. The standard InChI is InChI=1S/C21H21ClN4O3/c1-12-23-9-17(16-7-20(27)26(2)10-18(16)22)21(25-12)29-11-13-6-15(13)19-5-4-14(28-3)8-24-19/h4-5,7-10,13,15H,6,11H2,1-3H3/t13-,15+/m1/s1. The third kappa shape index (κ3) is 4.10. The summed E-state index contributed by atoms with van der Waals surface area (Å²) in [4.78, 5) is 25.2. The largest absolute Gasteiger partial charge is 0.495 e. The molecule has 0 N–H and O–H groups in total. The Hall–Kier alpha value is -2.93. The minimum absolute atomic E-state index is 0.163. The molecule has 1 aliphatic carbocycles. The quantitative estimate of drug-likeness (QED) is 0.617. The number of hydrogen-bond donors (Lipinski definition) is 0. The van der Waals surface area contributed by atoms with Gasteiger partial charge in [0.25, 0.3) is 5.56 Å². The number of aromatic nitrogens is 4. The second-order valence-corrected chi connectivity index (χ2v) is 7.56. The van der Waals surface area contributed by atoms with Gasteiger partial charge in [0, 0.05) is 48.6 Å². The molecule has 0 aromatic carbocycles. The lowest BCUT2D eigenvalue weighted by Gasteiger charge is -2.12. The van der Waals surface area contributed by atoms with E-state index in [0.29, 0.717) is 46.3 Å². The Morgan fingerprint density at radius 3 is 2.79 bits per heavy atom. The molecule has 3 heterocycles. The lowest BCUT2D eigenvalue weighted by molar-refractivity contribution is 0.285. The molecule has 4 rings (SSSR count). The van der Waals surface area contributed by atoms with Crippen LogP contribution < -0.4 is 15.0 Å². The number of aryl methyl sites for hydroxylation is 2. The fraction of sp³-hybridized carbons (Fsp3) is 0.333. The van der Waals surface area contributed by atoms with E-state index < -0.39 is 0 Å². The van der Waals surface area contributed by atoms with Crippen molar-refractivity contribution in [3.8, 4) is 22.8 Å². The molecule has 0 amide bonds. The highest BCUT2D eigenvalue weighted by molar-refractivity contribution is 6.33. The summed E-state index contributed by atoms with van der Waals surface area (Å²) in [6, 6.07) is 5.38. The van der Waals surface area contributed by atoms with Gasteiger partial charge in [-0.25, -0.2) is 4.98 Å². The van der Waals surface area contributed by atoms with Gasteiger partial charge in [-0.15, -0.1) is 0 Å². The maximum atomic E-state index is 12.1. The van der Waals surface area contributed by atoms with Crippen LogP contribution in [0.15, 0.2) is 41.6 Å². The molecule has 3 aromatic rings. The molecule has 0 radical (unpaired) electrons. The first-order chi connectivity index (χ1) is 14.0. The zero-order valence-electron chi connectivity index (χ0n) is 16.4. The second-order valence-electron chi connectivity index (χ2n) is 7.16. The van der Waals surface area contributed by atoms with Gasteiger partial charge in [0.05, 0.1) is 30.5 Å². The van der Waals surface area contributed by atoms with Crippen LogP contribution in [0.3, 0.4) is 0 Å². The van der Waals surface area contributed by atoms with E-state index in [9.17, 15) is 4.79 Å². The van der Waals surface area contributed by atoms with Gasteiger partial charge in [0.1, 0.15) is 11.6 Å². The van der Waals surface area contributed by atoms with Gasteiger partial charge in [-0.1, -0.05) is 11.6 Å². The van der Waals surface area contributed by atoms with Gasteiger partial charge in [-0.05, 0) is 25.5 Å². The van der Waals surface area contributed by atoms with E-state index in [0.717, 1.165) is 17.9 Å². The predicted molar refractivity (Wildman–Crippen MR) is 110 cm³/mol. The van der Waals surface area contributed by atoms with Crippen molar-refractivity contribution >= 4 is 11.6 Å². The van der Waals surface area contributed by atoms with Gasteiger partial charge >= 0.3 is 0 Å². The van der Waals surface area contributed by atoms with Crippen LogP contribution in [0.4, 0.5) is 0 Å². The van der Waals surface area contributed by atoms with Gasteiger partial charge in [-0.3, -0.25) is 9.78 Å². The summed E-state index contributed by atoms with van der Waals surface area (Å²) in [5.74, 6) is 2.49. The molecule has 2 atom stereocenters. The summed E-state index contributed by atoms with van der Waals surface area (Å²) < 4.78 is 12.6. The second kappa shape index (κ2) is 7.83. The zero-order valence-corrected chi connectivity index (χ0v) is 17.2. The maximum Gasteiger partial charge on any atom is 0.250 e. The van der Waals surface area contributed by atoms with E-state index >= 15 is 0 Å². The molecule has 0 aliphatic heterocycles. The Morgan fingerprint density at radius 2 is 2.07 bits per heavy atom. The molecular weight excluding hydrogens is 392 g/mol. The molecule has 29 heavy (non-hydrogen) atoms. The molecule has 0 bridgehead atoms. The van der Waals surface area contributed by atoms with Crippen molar-refractivity contribution in [3.63, 3.8) is 0 Å². The highest BCUT2D eigenvalue weighted by Crippen LogP contribution is 2.47. The smallest absolute Gasteiger partial charge is 0.250 e. The molecule has 7 nitrogen and oxygen atoms in total. The van der Waals surface area contributed by atoms with Crippen molar-refractivity contribution in [2.75, 3.05) is 13.7 Å². The molecule has 1 fully saturated rings. The summed E-state index contributed by atoms with van der Waals surface area (Å²) in [5.41, 5.74) is 2.05. The minimum atomic E-state index is -0.163. The van der Waals surface area contributed by atoms with Crippen molar-refractivity contribution in [1.29, 1.82) is 0 Å². The molecule has 1 saturated carbocycles. The van der Waals surface area contributed by atoms with E-state index in [1.54, 1.807) is 39.7 Å². The third-order valence-electron chi connectivity index (χ3n) is 5.08. The molecule has 8 heteroatoms. The highest BCUT2D eigenvalue weighted by atomic mass is 35.5. The zero-order chi connectivity index (χ0) is 20.5. The van der Waals surface area contributed by atoms with Crippen LogP contribution in [0.5, 0.6) is 11.6 Å². The molecule has 1 aliphatic rings. The van der Waals surface area contributed by atoms with Crippen LogP contribution >= 0.6 is 11.6 Å². The van der Waals surface area contributed by atoms with Crippen LogP contribution in [-0.4, -0.2) is 33.2 Å². The lowest BCUT2D eigenvalue weighted by Crippen LogP contribution is -2.15. The van der Waals surface area contributed by atoms with Gasteiger partial charge in [0.2, 0.25) is 5.88 Å². The Labute approximate surface area is 173 Å². The summed E-state index contributed by atoms with van der Waals surface area (Å²) >= 11 is 6.36. The molecule has 0 spiro atoms. The van der Waals surface area contributed by atoms with Gasteiger partial charge in [-0.2, -0.15) is 4.98 Å². The summed E-state index contributed by atoms with van der Waals surface area (Å²) in [5, 5.41) is 0.441. The van der Waals surface area contributed by atoms with Crippen molar-refractivity contribution < 1.29 is 9.47 Å². The maximum absolute atomic E-state index is 12.1. The van der Waals surface area contributed by atoms with Crippen LogP contribution in [0, 0.1) is 12.8 Å². The average Bonchev–Trinajstić information content (AvgIpc) is 3.49. The number of halogens is 1. The van der Waals surface area contributed by atoms with E-state index in [2.05, 4.69) is 15.0 Å². The van der Waals surface area contributed by atoms with Gasteiger partial charge in [0.15, 0.2) is 0 Å². The lowest BCUT2D eigenvalue weighted by atomic mass is 10.1. The predicted octanol–water partition coefficient (Wildman–Crippen LogP) is 3.39. The number of rotatable bonds is 6. The van der Waals surface area contributed by atoms with E-state index in [1.165, 1.54) is 10.6 Å². The van der Waals surface area contributed by atoms with Crippen LogP contribution in [-0.2, 0) is 7.05 Å². The molecular formula is C21H21ClN4O3. The summed E-state index contributed by atoms with van der Waals surface area (Å²) in [6.07, 6.45) is 5.96. The molecule has 150 valence electrons. The topological polar surface area (TPSA) is 79.1 Å². The first-order valence-electron chi connectivity index (χ1n) is 9.29. The monoisotopic (exact) mass is 412 g/mol. The average molecular weight is 413 g/mol. The minimum Gasteiger partial charge on any atom is -0.495 e. The SMILES string of the molecule is COc1ccc([C@H]2C[C@@H]2COc2nc(C)ncc2-c2cc(=O)n(C)cc2Cl)nc1. The molecule has 0 unspecified atom stereocenters. The molecule has 0 saturated heterocycles. The number of ether oxygens (including phenoxy) is 2. The summed E-state index contributed by atoms with van der Waals surface area (Å²) in [7, 11) is 3.28. The Bertz CT molecular complexity index is 1100. The van der Waals surface area contributed by atoms with E-state index in [1.807, 2.05) is 12.1 Å². The van der Waals surface area contributed by atoms with Crippen molar-refractivity contribution in [1.82, 2.24) is 19.5 Å². The van der Waals surface area contributed by atoms with Crippen molar-refractivity contribution in [2.24, 2.45) is 13.0 Å². The Kier molecular flexibility index (Phi) is 5.24. The number of nitrogens with zero attached hydrogens (tertiary/aromatic N) is 4. The third-order valence-corrected chi connectivity index (χ3v) is 5.38. The number of pyridine rings is 2. The number of methoxy groups -OCH3 is 1. The summed E-state index contributed by atoms with van der Waals surface area (Å²) in [6.45, 7) is 2.30. The Morgan fingerprint density at radius 1 is 1.24 bits per heavy atom. The van der Waals surface area contributed by atoms with Crippen LogP contribution in [0.2, 0.25) is 5.02 Å². The first-order valence-corrected chi connectivity index (χ1v) is 9.67.